The van der Waals surface area contributed by atoms with Crippen molar-refractivity contribution in [2.24, 2.45) is 0 Å². The molecule has 0 aromatic carbocycles. The zero-order valence-corrected chi connectivity index (χ0v) is 42.1. The van der Waals surface area contributed by atoms with E-state index < -0.39 is 26.5 Å². The molecule has 0 rings (SSSR count). The number of esters is 2. The highest BCUT2D eigenvalue weighted by Crippen LogP contribution is 2.43. The Balaban J connectivity index is 3.84. The Bertz CT molecular complexity index is 1010. The minimum atomic E-state index is -4.36. The van der Waals surface area contributed by atoms with Crippen LogP contribution in [0.25, 0.3) is 0 Å². The summed E-state index contributed by atoms with van der Waals surface area (Å²) < 4.78 is 34.2. The average molecular weight is 889 g/mol. The Labute approximate surface area is 378 Å². The molecule has 61 heavy (non-hydrogen) atoms. The topological polar surface area (TPSA) is 108 Å². The fraction of sp³-hybridized carbons (Fsp3) is 0.961. The zero-order chi connectivity index (χ0) is 45.0. The van der Waals surface area contributed by atoms with Crippen LogP contribution in [0.4, 0.5) is 0 Å². The number of phosphoric ester groups is 1. The first-order valence-corrected chi connectivity index (χ1v) is 27.8. The van der Waals surface area contributed by atoms with Gasteiger partial charge in [0, 0.05) is 12.8 Å². The van der Waals surface area contributed by atoms with Crippen LogP contribution in [0.2, 0.25) is 0 Å². The maximum atomic E-state index is 12.7. The van der Waals surface area contributed by atoms with Crippen LogP contribution in [0.3, 0.4) is 0 Å². The second-order valence-electron chi connectivity index (χ2n) is 19.3. The van der Waals surface area contributed by atoms with Gasteiger partial charge in [-0.05, 0) is 12.8 Å². The molecule has 9 nitrogen and oxygen atoms in total. The fourth-order valence-corrected chi connectivity index (χ4v) is 8.52. The van der Waals surface area contributed by atoms with Gasteiger partial charge >= 0.3 is 19.8 Å². The predicted octanol–water partition coefficient (Wildman–Crippen LogP) is 15.5. The van der Waals surface area contributed by atoms with Gasteiger partial charge < -0.3 is 18.9 Å². The standard InChI is InChI=1S/C51H102NO8P/c1-6-8-10-12-14-15-16-17-18-19-20-21-22-23-24-25-26-27-28-29-30-31-32-33-34-35-36-37-38-40-42-44-51(54)60-49(47-57-50(53)43-41-39-13-11-9-7-2)48-59-61(55,56)58-46-45-52(3,4)5/h49H,6-48H2,1-5H3/p+1. The van der Waals surface area contributed by atoms with Gasteiger partial charge in [-0.3, -0.25) is 18.6 Å². The van der Waals surface area contributed by atoms with Gasteiger partial charge in [-0.1, -0.05) is 239 Å². The number of carbonyl (C=O) groups excluding carboxylic acids is 2. The molecule has 0 aromatic rings. The van der Waals surface area contributed by atoms with Crippen LogP contribution in [0, 0.1) is 0 Å². The summed E-state index contributed by atoms with van der Waals surface area (Å²) in [5, 5.41) is 0. The molecule has 0 radical (unpaired) electrons. The number of ether oxygens (including phenoxy) is 2. The summed E-state index contributed by atoms with van der Waals surface area (Å²) in [5.74, 6) is -0.793. The molecule has 2 atom stereocenters. The summed E-state index contributed by atoms with van der Waals surface area (Å²) >= 11 is 0. The third-order valence-electron chi connectivity index (χ3n) is 11.9. The molecule has 0 fully saturated rings. The van der Waals surface area contributed by atoms with E-state index in [4.69, 9.17) is 18.5 Å². The Hall–Kier alpha value is -0.990. The second kappa shape index (κ2) is 44.2. The van der Waals surface area contributed by atoms with E-state index in [-0.39, 0.29) is 25.6 Å². The summed E-state index contributed by atoms with van der Waals surface area (Å²) in [6.45, 7) is 4.40. The van der Waals surface area contributed by atoms with Crippen LogP contribution in [0.15, 0.2) is 0 Å². The molecule has 0 aromatic heterocycles. The minimum absolute atomic E-state index is 0.0364. The van der Waals surface area contributed by atoms with E-state index in [2.05, 4.69) is 13.8 Å². The number of likely N-dealkylation sites (N-methyl/N-ethyl adjacent to an activating group) is 1. The number of rotatable bonds is 49. The molecule has 0 saturated heterocycles. The highest BCUT2D eigenvalue weighted by Gasteiger charge is 2.27. The molecule has 0 aliphatic carbocycles. The molecule has 0 bridgehead atoms. The van der Waals surface area contributed by atoms with Gasteiger partial charge in [0.25, 0.3) is 0 Å². The summed E-state index contributed by atoms with van der Waals surface area (Å²) in [4.78, 5) is 35.2. The lowest BCUT2D eigenvalue weighted by Crippen LogP contribution is -2.37. The normalized spacial score (nSPS) is 13.3. The maximum Gasteiger partial charge on any atom is 0.472 e. The van der Waals surface area contributed by atoms with E-state index in [9.17, 15) is 19.0 Å². The van der Waals surface area contributed by atoms with Gasteiger partial charge in [0.15, 0.2) is 6.10 Å². The molecular weight excluding hydrogens is 786 g/mol. The van der Waals surface area contributed by atoms with Crippen molar-refractivity contribution in [1.29, 1.82) is 0 Å². The van der Waals surface area contributed by atoms with Gasteiger partial charge in [-0.2, -0.15) is 0 Å². The van der Waals surface area contributed by atoms with E-state index >= 15 is 0 Å². The average Bonchev–Trinajstić information content (AvgIpc) is 3.21. The highest BCUT2D eigenvalue weighted by molar-refractivity contribution is 7.47. The molecule has 0 saturated carbocycles. The van der Waals surface area contributed by atoms with Crippen molar-refractivity contribution in [3.8, 4) is 0 Å². The highest BCUT2D eigenvalue weighted by atomic mass is 31.2. The molecule has 0 heterocycles. The lowest BCUT2D eigenvalue weighted by atomic mass is 10.0. The molecule has 0 spiro atoms. The molecule has 364 valence electrons. The van der Waals surface area contributed by atoms with E-state index in [1.54, 1.807) is 0 Å². The van der Waals surface area contributed by atoms with E-state index in [0.29, 0.717) is 17.4 Å². The van der Waals surface area contributed by atoms with Crippen LogP contribution in [-0.4, -0.2) is 74.9 Å². The van der Waals surface area contributed by atoms with Gasteiger partial charge in [0.1, 0.15) is 19.8 Å². The van der Waals surface area contributed by atoms with Gasteiger partial charge in [0.05, 0.1) is 27.7 Å². The van der Waals surface area contributed by atoms with Crippen molar-refractivity contribution in [1.82, 2.24) is 0 Å². The SMILES string of the molecule is CCCCCCCCCCCCCCCCCCCCCCCCCCCCCCCCCC(=O)OC(COC(=O)CCCCCCCC)COP(=O)(O)OCC[N+](C)(C)C. The third-order valence-corrected chi connectivity index (χ3v) is 12.9. The lowest BCUT2D eigenvalue weighted by molar-refractivity contribution is -0.870. The van der Waals surface area contributed by atoms with Gasteiger partial charge in [-0.15, -0.1) is 0 Å². The van der Waals surface area contributed by atoms with Crippen LogP contribution in [0.1, 0.15) is 264 Å². The summed E-state index contributed by atoms with van der Waals surface area (Å²) in [6, 6.07) is 0. The summed E-state index contributed by atoms with van der Waals surface area (Å²) in [6.07, 6.45) is 48.0. The molecule has 10 heteroatoms. The van der Waals surface area contributed by atoms with Crippen molar-refractivity contribution < 1.29 is 42.1 Å². The Morgan fingerprint density at radius 1 is 0.443 bits per heavy atom. The largest absolute Gasteiger partial charge is 0.472 e. The molecule has 0 aliphatic heterocycles. The first-order chi connectivity index (χ1) is 29.5. The second-order valence-corrected chi connectivity index (χ2v) is 20.7. The van der Waals surface area contributed by atoms with E-state index in [1.807, 2.05) is 21.1 Å². The number of unbranched alkanes of at least 4 members (excludes halogenated alkanes) is 35. The number of carbonyl (C=O) groups is 2. The third kappa shape index (κ3) is 48.3. The van der Waals surface area contributed by atoms with Gasteiger partial charge in [0.2, 0.25) is 0 Å². The first-order valence-electron chi connectivity index (χ1n) is 26.3. The smallest absolute Gasteiger partial charge is 0.462 e. The summed E-state index contributed by atoms with van der Waals surface area (Å²) in [7, 11) is 1.49. The van der Waals surface area contributed by atoms with Crippen molar-refractivity contribution in [3.63, 3.8) is 0 Å². The van der Waals surface area contributed by atoms with E-state index in [0.717, 1.165) is 38.5 Å². The number of phosphoric acid groups is 1. The fourth-order valence-electron chi connectivity index (χ4n) is 7.78. The quantitative estimate of drug-likeness (QED) is 0.0278. The number of hydrogen-bond donors (Lipinski definition) is 1. The van der Waals surface area contributed by atoms with Crippen molar-refractivity contribution in [2.75, 3.05) is 47.5 Å². The summed E-state index contributed by atoms with van der Waals surface area (Å²) in [5.41, 5.74) is 0. The van der Waals surface area contributed by atoms with Crippen LogP contribution >= 0.6 is 7.82 Å². The zero-order valence-electron chi connectivity index (χ0n) is 41.2. The molecule has 1 N–H and O–H groups in total. The minimum Gasteiger partial charge on any atom is -0.462 e. The Morgan fingerprint density at radius 3 is 1.05 bits per heavy atom. The van der Waals surface area contributed by atoms with Crippen LogP contribution in [0.5, 0.6) is 0 Å². The number of quaternary nitrogens is 1. The predicted molar refractivity (Wildman–Crippen MR) is 257 cm³/mol. The van der Waals surface area contributed by atoms with E-state index in [1.165, 1.54) is 199 Å². The Kier molecular flexibility index (Phi) is 43.5. The molecule has 0 aliphatic rings. The van der Waals surface area contributed by atoms with Crippen molar-refractivity contribution >= 4 is 19.8 Å². The number of nitrogens with zero attached hydrogens (tertiary/aromatic N) is 1. The molecule has 0 amide bonds. The van der Waals surface area contributed by atoms with Gasteiger partial charge in [-0.25, -0.2) is 4.57 Å². The van der Waals surface area contributed by atoms with Crippen molar-refractivity contribution in [3.05, 3.63) is 0 Å². The van der Waals surface area contributed by atoms with Crippen LogP contribution < -0.4 is 0 Å². The lowest BCUT2D eigenvalue weighted by Gasteiger charge is -2.24. The maximum absolute atomic E-state index is 12.7. The molecular formula is C51H103NO8P+. The number of hydrogen-bond acceptors (Lipinski definition) is 7. The first kappa shape index (κ1) is 60.0. The monoisotopic (exact) mass is 889 g/mol. The van der Waals surface area contributed by atoms with Crippen LogP contribution in [-0.2, 0) is 32.7 Å². The molecule has 2 unspecified atom stereocenters. The van der Waals surface area contributed by atoms with Crippen molar-refractivity contribution in [2.45, 2.75) is 270 Å². The Morgan fingerprint density at radius 2 is 0.738 bits per heavy atom.